The number of unbranched alkanes of at least 4 members (excludes halogenated alkanes) is 2. The summed E-state index contributed by atoms with van der Waals surface area (Å²) in [6, 6.07) is 15.2. The number of ether oxygens (including phenoxy) is 1. The second-order valence-corrected chi connectivity index (χ2v) is 6.81. The zero-order valence-corrected chi connectivity index (χ0v) is 17.6. The first-order valence-corrected chi connectivity index (χ1v) is 9.91. The molecule has 0 heterocycles. The summed E-state index contributed by atoms with van der Waals surface area (Å²) in [5.74, 6) is 0.508. The molecule has 0 aliphatic carbocycles. The fourth-order valence-corrected chi connectivity index (χ4v) is 2.98. The number of para-hydroxylation sites is 2. The standard InChI is InChI=1S/C24H26N2O2.Ni/c1-4-6-7-10-18-26(22-11-8-9-12-23(22)28-3)19-17-20-13-15-21(16-14-20)25-24(27)5-2;/h5,8-9,11-16,19H,1-2,4,6-7,10H2,3H3,(H,25,27);/q-2;. The minimum atomic E-state index is -0.242. The average Bonchev–Trinajstić information content (AvgIpc) is 2.75. The number of rotatable bonds is 11. The third-order valence-electron chi connectivity index (χ3n) is 4.16. The molecule has 2 rings (SSSR count). The molecule has 4 nitrogen and oxygen atoms in total. The van der Waals surface area contributed by atoms with Gasteiger partial charge in [0.1, 0.15) is 0 Å². The fourth-order valence-electron chi connectivity index (χ4n) is 2.63. The summed E-state index contributed by atoms with van der Waals surface area (Å²) in [5.41, 5.74) is 2.45. The van der Waals surface area contributed by atoms with Crippen LogP contribution in [0.25, 0.3) is 0 Å². The molecule has 0 saturated heterocycles. The van der Waals surface area contributed by atoms with Crippen molar-refractivity contribution in [2.24, 2.45) is 0 Å². The third kappa shape index (κ3) is 7.03. The Morgan fingerprint density at radius 3 is 2.62 bits per heavy atom. The summed E-state index contributed by atoms with van der Waals surface area (Å²) in [7, 11) is 1.65. The number of hydrogen-bond donors (Lipinski definition) is 1. The summed E-state index contributed by atoms with van der Waals surface area (Å²) < 4.78 is 6.35. The van der Waals surface area contributed by atoms with Crippen LogP contribution in [0.5, 0.6) is 5.75 Å². The van der Waals surface area contributed by atoms with Crippen molar-refractivity contribution < 1.29 is 24.6 Å². The zero-order valence-electron chi connectivity index (χ0n) is 16.6. The molecule has 1 amide bonds. The number of nitrogens with one attached hydrogen (secondary N) is 1. The van der Waals surface area contributed by atoms with Crippen LogP contribution in [0.3, 0.4) is 0 Å². The van der Waals surface area contributed by atoms with E-state index in [1.165, 1.54) is 6.08 Å². The van der Waals surface area contributed by atoms with E-state index in [2.05, 4.69) is 24.9 Å². The monoisotopic (exact) mass is 432 g/mol. The zero-order chi connectivity index (χ0) is 21.1. The first-order chi connectivity index (χ1) is 14.1. The van der Waals surface area contributed by atoms with Crippen LogP contribution in [0.2, 0.25) is 0 Å². The summed E-state index contributed by atoms with van der Waals surface area (Å²) in [6.07, 6.45) is 10.1. The Kier molecular flexibility index (Phi) is 9.39. The average molecular weight is 433 g/mol. The van der Waals surface area contributed by atoms with Crippen molar-refractivity contribution in [3.8, 4) is 5.75 Å². The van der Waals surface area contributed by atoms with Crippen LogP contribution in [-0.2, 0) is 19.8 Å². The molecule has 0 aromatic heterocycles. The number of amides is 1. The number of hydrogen-bond acceptors (Lipinski definition) is 3. The van der Waals surface area contributed by atoms with Crippen molar-refractivity contribution in [1.82, 2.24) is 0 Å². The van der Waals surface area contributed by atoms with Crippen LogP contribution in [0, 0.1) is 13.0 Å². The van der Waals surface area contributed by atoms with Gasteiger partial charge in [-0.2, -0.15) is 0 Å². The summed E-state index contributed by atoms with van der Waals surface area (Å²) in [6.45, 7) is 7.34. The summed E-state index contributed by atoms with van der Waals surface area (Å²) in [5, 5.41) is 2.73. The second kappa shape index (κ2) is 12.0. The van der Waals surface area contributed by atoms with Gasteiger partial charge in [0.05, 0.1) is 0 Å². The molecule has 0 bridgehead atoms. The van der Waals surface area contributed by atoms with Crippen molar-refractivity contribution in [1.29, 1.82) is 0 Å². The van der Waals surface area contributed by atoms with E-state index < -0.39 is 0 Å². The van der Waals surface area contributed by atoms with Crippen LogP contribution in [-0.4, -0.2) is 17.6 Å². The molecule has 0 saturated carbocycles. The second-order valence-electron chi connectivity index (χ2n) is 6.24. The van der Waals surface area contributed by atoms with E-state index in [4.69, 9.17) is 19.8 Å². The minimum absolute atomic E-state index is 0.242. The van der Waals surface area contributed by atoms with Gasteiger partial charge >= 0.3 is 181 Å². The predicted octanol–water partition coefficient (Wildman–Crippen LogP) is 5.06. The number of benzene rings is 2. The van der Waals surface area contributed by atoms with Gasteiger partial charge < -0.3 is 0 Å². The number of anilines is 2. The molecule has 0 atom stereocenters. The molecule has 2 aromatic rings. The Morgan fingerprint density at radius 2 is 1.97 bits per heavy atom. The van der Waals surface area contributed by atoms with Crippen LogP contribution >= 0.6 is 0 Å². The Labute approximate surface area is 181 Å². The van der Waals surface area contributed by atoms with Crippen molar-refractivity contribution in [2.75, 3.05) is 17.3 Å². The molecule has 0 fully saturated rings. The fraction of sp³-hybridized carbons (Fsp3) is 0.208. The molecule has 0 unspecified atom stereocenters. The summed E-state index contributed by atoms with van der Waals surface area (Å²) in [4.78, 5) is 13.3. The third-order valence-corrected chi connectivity index (χ3v) is 4.64. The van der Waals surface area contributed by atoms with Crippen molar-refractivity contribution >= 4 is 21.9 Å². The van der Waals surface area contributed by atoms with Gasteiger partial charge in [0.2, 0.25) is 0 Å². The van der Waals surface area contributed by atoms with Gasteiger partial charge in [-0.25, -0.2) is 0 Å². The van der Waals surface area contributed by atoms with E-state index in [-0.39, 0.29) is 5.91 Å². The Balaban J connectivity index is 2.23. The van der Waals surface area contributed by atoms with E-state index in [0.717, 1.165) is 47.3 Å². The van der Waals surface area contributed by atoms with Gasteiger partial charge in [-0.3, -0.25) is 0 Å². The Morgan fingerprint density at radius 1 is 1.24 bits per heavy atom. The molecule has 1 N–H and O–H groups in total. The van der Waals surface area contributed by atoms with Crippen molar-refractivity contribution in [3.63, 3.8) is 0 Å². The van der Waals surface area contributed by atoms with Gasteiger partial charge in [-0.05, 0) is 0 Å². The molecule has 0 aliphatic heterocycles. The van der Waals surface area contributed by atoms with Crippen molar-refractivity contribution in [3.05, 3.63) is 85.9 Å². The number of methoxy groups -OCH3 is 1. The number of carbonyl (C=O) groups is 1. The Hall–Kier alpha value is -2.65. The van der Waals surface area contributed by atoms with Gasteiger partial charge in [-0.15, -0.1) is 0 Å². The molecule has 156 valence electrons. The van der Waals surface area contributed by atoms with Gasteiger partial charge in [0.15, 0.2) is 0 Å². The van der Waals surface area contributed by atoms with Crippen LogP contribution in [0.1, 0.15) is 31.2 Å². The SMILES string of the molecule is C=CC(=O)Nc1ccc([C-]=CN([C](=[Ni])CCCC[CH2-])c2ccccc2OC)cc1. The first kappa shape index (κ1) is 22.6. The van der Waals surface area contributed by atoms with Crippen LogP contribution in [0.4, 0.5) is 11.4 Å². The first-order valence-electron chi connectivity index (χ1n) is 9.42. The van der Waals surface area contributed by atoms with E-state index in [9.17, 15) is 4.79 Å². The van der Waals surface area contributed by atoms with Gasteiger partial charge in [0.25, 0.3) is 0 Å². The maximum absolute atomic E-state index is 11.4. The van der Waals surface area contributed by atoms with Crippen LogP contribution in [0.15, 0.2) is 67.4 Å². The molecule has 29 heavy (non-hydrogen) atoms. The molecular formula is C24H26N2NiO2-2. The summed E-state index contributed by atoms with van der Waals surface area (Å²) >= 11 is 5.34. The van der Waals surface area contributed by atoms with Crippen molar-refractivity contribution in [2.45, 2.75) is 25.7 Å². The number of carbonyl (C=O) groups excluding carboxylic acids is 1. The molecule has 0 spiro atoms. The molecule has 2 aromatic carbocycles. The van der Waals surface area contributed by atoms with E-state index >= 15 is 0 Å². The molecule has 0 radical (unpaired) electrons. The van der Waals surface area contributed by atoms with E-state index in [0.29, 0.717) is 5.69 Å². The molecule has 0 aliphatic rings. The van der Waals surface area contributed by atoms with Crippen LogP contribution < -0.4 is 15.0 Å². The Bertz CT molecular complexity index is 859. The van der Waals surface area contributed by atoms with E-state index in [1.54, 1.807) is 7.11 Å². The normalized spacial score (nSPS) is 10.6. The number of nitrogens with zero attached hydrogens (tertiary/aromatic N) is 1. The molecule has 5 heteroatoms. The molecular weight excluding hydrogens is 407 g/mol. The van der Waals surface area contributed by atoms with Gasteiger partial charge in [-0.1, -0.05) is 0 Å². The quantitative estimate of drug-likeness (QED) is 0.233. The topological polar surface area (TPSA) is 41.6 Å². The maximum atomic E-state index is 11.4. The van der Waals surface area contributed by atoms with Gasteiger partial charge in [0, 0.05) is 0 Å². The predicted molar refractivity (Wildman–Crippen MR) is 116 cm³/mol. The van der Waals surface area contributed by atoms with E-state index in [1.807, 2.05) is 59.6 Å².